The van der Waals surface area contributed by atoms with E-state index in [1.54, 1.807) is 6.07 Å². The van der Waals surface area contributed by atoms with E-state index in [1.165, 1.54) is 5.57 Å². The first kappa shape index (κ1) is 14.7. The fraction of sp³-hybridized carbons (Fsp3) is 0.308. The summed E-state index contributed by atoms with van der Waals surface area (Å²) in [5, 5.41) is 5.94. The average Bonchev–Trinajstić information content (AvgIpc) is 2.33. The number of ether oxygens (including phenoxy) is 1. The molecular weight excluding hydrogens is 268 g/mol. The molecule has 0 saturated heterocycles. The topological polar surface area (TPSA) is 33.6 Å². The van der Waals surface area contributed by atoms with Crippen LogP contribution in [-0.4, -0.2) is 18.4 Å². The quantitative estimate of drug-likeness (QED) is 0.483. The van der Waals surface area contributed by atoms with E-state index < -0.39 is 0 Å². The van der Waals surface area contributed by atoms with Crippen LogP contribution in [0.25, 0.3) is 0 Å². The molecule has 0 heterocycles. The van der Waals surface area contributed by atoms with E-state index in [0.717, 1.165) is 5.69 Å². The van der Waals surface area contributed by atoms with Crippen molar-refractivity contribution in [2.75, 3.05) is 18.6 Å². The van der Waals surface area contributed by atoms with Crippen LogP contribution in [0.15, 0.2) is 34.8 Å². The van der Waals surface area contributed by atoms with E-state index in [0.29, 0.717) is 24.0 Å². The molecule has 5 heteroatoms. The maximum absolute atomic E-state index is 6.05. The van der Waals surface area contributed by atoms with Gasteiger partial charge >= 0.3 is 0 Å². The largest absolute Gasteiger partial charge is 0.488 e. The fourth-order valence-corrected chi connectivity index (χ4v) is 1.42. The average molecular weight is 283 g/mol. The van der Waals surface area contributed by atoms with Crippen LogP contribution in [0.4, 0.5) is 5.69 Å². The minimum Gasteiger partial charge on any atom is -0.488 e. The monoisotopic (exact) mass is 282 g/mol. The van der Waals surface area contributed by atoms with Crippen LogP contribution < -0.4 is 10.1 Å². The molecule has 1 aromatic carbocycles. The SMILES string of the molecule is CC(C)=CCOc1cc(NCN=C=S)ccc1Cl. The number of anilines is 1. The number of hydrogen-bond acceptors (Lipinski definition) is 4. The zero-order chi connectivity index (χ0) is 13.4. The molecule has 0 saturated carbocycles. The third kappa shape index (κ3) is 5.32. The van der Waals surface area contributed by atoms with E-state index in [9.17, 15) is 0 Å². The van der Waals surface area contributed by atoms with Crippen molar-refractivity contribution < 1.29 is 4.74 Å². The molecule has 0 amide bonds. The molecule has 0 bridgehead atoms. The second kappa shape index (κ2) is 7.88. The van der Waals surface area contributed by atoms with Crippen molar-refractivity contribution in [1.29, 1.82) is 0 Å². The molecule has 0 aliphatic carbocycles. The minimum absolute atomic E-state index is 0.387. The normalized spacial score (nSPS) is 9.28. The van der Waals surface area contributed by atoms with Crippen molar-refractivity contribution in [3.05, 3.63) is 34.9 Å². The van der Waals surface area contributed by atoms with Crippen molar-refractivity contribution >= 4 is 34.7 Å². The first-order valence-electron chi connectivity index (χ1n) is 5.46. The molecule has 0 atom stereocenters. The van der Waals surface area contributed by atoms with Gasteiger partial charge in [0.2, 0.25) is 0 Å². The number of benzene rings is 1. The highest BCUT2D eigenvalue weighted by molar-refractivity contribution is 7.78. The van der Waals surface area contributed by atoms with E-state index >= 15 is 0 Å². The van der Waals surface area contributed by atoms with E-state index in [4.69, 9.17) is 16.3 Å². The summed E-state index contributed by atoms with van der Waals surface area (Å²) in [7, 11) is 0. The summed E-state index contributed by atoms with van der Waals surface area (Å²) < 4.78 is 5.58. The zero-order valence-corrected chi connectivity index (χ0v) is 11.9. The summed E-state index contributed by atoms with van der Waals surface area (Å²) in [6.07, 6.45) is 1.99. The molecule has 0 aliphatic rings. The lowest BCUT2D eigenvalue weighted by atomic mass is 10.3. The molecule has 0 unspecified atom stereocenters. The summed E-state index contributed by atoms with van der Waals surface area (Å²) >= 11 is 10.5. The standard InChI is InChI=1S/C13H15ClN2OS/c1-10(2)5-6-17-13-7-11(3-4-12(13)14)16-8-15-9-18/h3-5,7,16H,6,8H2,1-2H3. The van der Waals surface area contributed by atoms with E-state index in [2.05, 4.69) is 27.7 Å². The Balaban J connectivity index is 2.68. The van der Waals surface area contributed by atoms with Crippen LogP contribution >= 0.6 is 23.8 Å². The van der Waals surface area contributed by atoms with Gasteiger partial charge in [-0.25, -0.2) is 4.99 Å². The van der Waals surface area contributed by atoms with Gasteiger partial charge in [-0.1, -0.05) is 17.2 Å². The number of nitrogens with zero attached hydrogens (tertiary/aromatic N) is 1. The predicted octanol–water partition coefficient (Wildman–Crippen LogP) is 4.16. The first-order valence-corrected chi connectivity index (χ1v) is 6.25. The number of thiocarbonyl (C=S) groups is 1. The maximum Gasteiger partial charge on any atom is 0.140 e. The zero-order valence-electron chi connectivity index (χ0n) is 10.4. The molecule has 0 aliphatic heterocycles. The molecule has 1 aromatic rings. The van der Waals surface area contributed by atoms with Crippen molar-refractivity contribution in [2.45, 2.75) is 13.8 Å². The molecule has 0 spiro atoms. The molecule has 96 valence electrons. The van der Waals surface area contributed by atoms with Gasteiger partial charge in [-0.3, -0.25) is 0 Å². The molecular formula is C13H15ClN2OS. The number of isothiocyanates is 1. The van der Waals surface area contributed by atoms with Crippen LogP contribution in [-0.2, 0) is 0 Å². The van der Waals surface area contributed by atoms with Gasteiger partial charge in [0, 0.05) is 11.8 Å². The van der Waals surface area contributed by atoms with Gasteiger partial charge < -0.3 is 10.1 Å². The first-order chi connectivity index (χ1) is 8.63. The smallest absolute Gasteiger partial charge is 0.140 e. The van der Waals surface area contributed by atoms with Crippen LogP contribution in [0.2, 0.25) is 5.02 Å². The maximum atomic E-state index is 6.05. The molecule has 3 nitrogen and oxygen atoms in total. The number of allylic oxidation sites excluding steroid dienone is 1. The van der Waals surface area contributed by atoms with Gasteiger partial charge in [0.15, 0.2) is 0 Å². The third-order valence-electron chi connectivity index (χ3n) is 2.09. The Morgan fingerprint density at radius 1 is 1.56 bits per heavy atom. The van der Waals surface area contributed by atoms with Crippen molar-refractivity contribution in [3.8, 4) is 5.75 Å². The molecule has 0 aromatic heterocycles. The highest BCUT2D eigenvalue weighted by Crippen LogP contribution is 2.27. The Hall–Kier alpha value is -1.35. The number of aliphatic imine (C=N–C) groups is 1. The highest BCUT2D eigenvalue weighted by atomic mass is 35.5. The Bertz CT molecular complexity index is 478. The second-order valence-corrected chi connectivity index (χ2v) is 4.41. The Labute approximate surface area is 118 Å². The summed E-state index contributed by atoms with van der Waals surface area (Å²) in [5.41, 5.74) is 2.08. The highest BCUT2D eigenvalue weighted by Gasteiger charge is 2.02. The van der Waals surface area contributed by atoms with E-state index in [1.807, 2.05) is 32.1 Å². The van der Waals surface area contributed by atoms with Crippen molar-refractivity contribution in [1.82, 2.24) is 0 Å². The summed E-state index contributed by atoms with van der Waals surface area (Å²) in [5.74, 6) is 0.644. The van der Waals surface area contributed by atoms with Gasteiger partial charge in [0.25, 0.3) is 0 Å². The molecule has 18 heavy (non-hydrogen) atoms. The Kier molecular flexibility index (Phi) is 6.44. The molecule has 0 radical (unpaired) electrons. The number of halogens is 1. The molecule has 1 rings (SSSR count). The Morgan fingerprint density at radius 3 is 3.00 bits per heavy atom. The summed E-state index contributed by atoms with van der Waals surface area (Å²) in [6, 6.07) is 5.47. The van der Waals surface area contributed by atoms with Crippen LogP contribution in [0.3, 0.4) is 0 Å². The van der Waals surface area contributed by atoms with Gasteiger partial charge in [-0.15, -0.1) is 0 Å². The van der Waals surface area contributed by atoms with Crippen LogP contribution in [0.5, 0.6) is 5.75 Å². The number of hydrogen-bond donors (Lipinski definition) is 1. The number of nitrogens with one attached hydrogen (secondary N) is 1. The summed E-state index contributed by atoms with van der Waals surface area (Å²) in [4.78, 5) is 3.77. The summed E-state index contributed by atoms with van der Waals surface area (Å²) in [6.45, 7) is 4.93. The predicted molar refractivity (Wildman–Crippen MR) is 79.9 cm³/mol. The lowest BCUT2D eigenvalue weighted by Crippen LogP contribution is -2.00. The lowest BCUT2D eigenvalue weighted by molar-refractivity contribution is 0.362. The van der Waals surface area contributed by atoms with Crippen LogP contribution in [0, 0.1) is 0 Å². The lowest BCUT2D eigenvalue weighted by Gasteiger charge is -2.09. The molecule has 0 fully saturated rings. The van der Waals surface area contributed by atoms with Crippen molar-refractivity contribution in [3.63, 3.8) is 0 Å². The Morgan fingerprint density at radius 2 is 2.33 bits per heavy atom. The van der Waals surface area contributed by atoms with Gasteiger partial charge in [0.05, 0.1) is 10.2 Å². The van der Waals surface area contributed by atoms with Gasteiger partial charge in [-0.2, -0.15) is 0 Å². The fourth-order valence-electron chi connectivity index (χ4n) is 1.19. The van der Waals surface area contributed by atoms with Gasteiger partial charge in [-0.05, 0) is 44.3 Å². The minimum atomic E-state index is 0.387. The number of rotatable bonds is 6. The molecule has 1 N–H and O–H groups in total. The van der Waals surface area contributed by atoms with E-state index in [-0.39, 0.29) is 0 Å². The van der Waals surface area contributed by atoms with Gasteiger partial charge in [0.1, 0.15) is 19.0 Å². The third-order valence-corrected chi connectivity index (χ3v) is 2.53. The van der Waals surface area contributed by atoms with Crippen LogP contribution in [0.1, 0.15) is 13.8 Å². The van der Waals surface area contributed by atoms with Crippen molar-refractivity contribution in [2.24, 2.45) is 4.99 Å². The second-order valence-electron chi connectivity index (χ2n) is 3.82.